The van der Waals surface area contributed by atoms with E-state index in [1.54, 1.807) is 11.1 Å². The Kier molecular flexibility index (Phi) is 6.47. The van der Waals surface area contributed by atoms with Gasteiger partial charge in [-0.25, -0.2) is 0 Å². The number of nitrogens with zero attached hydrogens (tertiary/aromatic N) is 2. The smallest absolute Gasteiger partial charge is 0.0577 e. The van der Waals surface area contributed by atoms with Crippen LogP contribution in [0.25, 0.3) is 0 Å². The maximum absolute atomic E-state index is 10.4. The monoisotopic (exact) mass is 572 g/mol. The Bertz CT molecular complexity index is 1170. The lowest BCUT2D eigenvalue weighted by molar-refractivity contribution is -0.0212. The van der Waals surface area contributed by atoms with E-state index >= 15 is 0 Å². The van der Waals surface area contributed by atoms with Gasteiger partial charge >= 0.3 is 0 Å². The number of fused-ring (bicyclic) bond motifs is 10. The average Bonchev–Trinajstić information content (AvgIpc) is 3.48. The van der Waals surface area contributed by atoms with Crippen LogP contribution in [0, 0.1) is 57.2 Å². The molecule has 0 spiro atoms. The first-order valence-electron chi connectivity index (χ1n) is 18.0. The summed E-state index contributed by atoms with van der Waals surface area (Å²) >= 11 is 0. The molecule has 8 rings (SSSR count). The Morgan fingerprint density at radius 2 is 0.929 bits per heavy atom. The minimum atomic E-state index is -0.123. The highest BCUT2D eigenvalue weighted by molar-refractivity contribution is 5.95. The Balaban J connectivity index is 1.03. The predicted octanol–water partition coefficient (Wildman–Crippen LogP) is 8.43. The fourth-order valence-electron chi connectivity index (χ4n) is 13.3. The second kappa shape index (κ2) is 9.62. The molecule has 0 radical (unpaired) electrons. The van der Waals surface area contributed by atoms with Crippen molar-refractivity contribution in [2.75, 3.05) is 0 Å². The van der Waals surface area contributed by atoms with E-state index in [1.165, 1.54) is 75.6 Å². The van der Waals surface area contributed by atoms with Crippen LogP contribution in [0.4, 0.5) is 0 Å². The first-order chi connectivity index (χ1) is 20.1. The molecule has 6 saturated carbocycles. The number of aliphatic hydroxyl groups excluding tert-OH is 2. The average molecular weight is 573 g/mol. The second-order valence-corrected chi connectivity index (χ2v) is 17.4. The van der Waals surface area contributed by atoms with Gasteiger partial charge in [0.05, 0.1) is 12.2 Å². The van der Waals surface area contributed by atoms with Gasteiger partial charge in [0.2, 0.25) is 0 Å². The van der Waals surface area contributed by atoms with E-state index in [0.29, 0.717) is 10.8 Å². The van der Waals surface area contributed by atoms with Gasteiger partial charge in [0, 0.05) is 22.3 Å². The Morgan fingerprint density at radius 3 is 1.36 bits per heavy atom. The molecule has 0 amide bonds. The van der Waals surface area contributed by atoms with E-state index in [9.17, 15) is 10.2 Å². The number of allylic oxidation sites excluding steroid dienone is 2. The fraction of sp³-hybridized carbons (Fsp3) is 0.842. The van der Waals surface area contributed by atoms with E-state index < -0.39 is 0 Å². The third-order valence-corrected chi connectivity index (χ3v) is 15.9. The molecule has 2 N–H and O–H groups in total. The predicted molar refractivity (Wildman–Crippen MR) is 170 cm³/mol. The van der Waals surface area contributed by atoms with Crippen molar-refractivity contribution in [3.8, 4) is 0 Å². The Hall–Kier alpha value is -1.26. The third kappa shape index (κ3) is 3.85. The highest BCUT2D eigenvalue weighted by Gasteiger charge is 2.59. The summed E-state index contributed by atoms with van der Waals surface area (Å²) in [5.41, 5.74) is 7.00. The first-order valence-corrected chi connectivity index (χ1v) is 18.0. The van der Waals surface area contributed by atoms with E-state index in [1.807, 2.05) is 0 Å². The Labute approximate surface area is 254 Å². The maximum atomic E-state index is 10.4. The summed E-state index contributed by atoms with van der Waals surface area (Å²) in [5, 5.41) is 31.2. The summed E-state index contributed by atoms with van der Waals surface area (Å²) in [5.74, 6) is 4.55. The number of hydrogen-bond acceptors (Lipinski definition) is 4. The van der Waals surface area contributed by atoms with Crippen LogP contribution in [0.5, 0.6) is 0 Å². The van der Waals surface area contributed by atoms with Crippen LogP contribution in [0.1, 0.15) is 130 Å². The molecule has 4 heteroatoms. The summed E-state index contributed by atoms with van der Waals surface area (Å²) in [6, 6.07) is 0. The molecule has 230 valence electrons. The fourth-order valence-corrected chi connectivity index (χ4v) is 13.3. The van der Waals surface area contributed by atoms with Crippen molar-refractivity contribution in [3.05, 3.63) is 23.3 Å². The molecule has 0 aliphatic heterocycles. The molecule has 12 atom stereocenters. The van der Waals surface area contributed by atoms with Gasteiger partial charge in [0.25, 0.3) is 0 Å². The molecule has 42 heavy (non-hydrogen) atoms. The molecule has 0 aromatic carbocycles. The Morgan fingerprint density at radius 1 is 0.548 bits per heavy atom. The number of hydrogen-bond donors (Lipinski definition) is 2. The highest BCUT2D eigenvalue weighted by Crippen LogP contribution is 2.66. The van der Waals surface area contributed by atoms with E-state index in [-0.39, 0.29) is 23.0 Å². The molecule has 0 aromatic heterocycles. The molecule has 0 saturated heterocycles. The van der Waals surface area contributed by atoms with Gasteiger partial charge < -0.3 is 10.2 Å². The van der Waals surface area contributed by atoms with Crippen LogP contribution in [0.2, 0.25) is 0 Å². The van der Waals surface area contributed by atoms with Gasteiger partial charge in [0.15, 0.2) is 0 Å². The van der Waals surface area contributed by atoms with Crippen LogP contribution in [-0.4, -0.2) is 33.8 Å². The molecule has 4 nitrogen and oxygen atoms in total. The number of rotatable bonds is 1. The summed E-state index contributed by atoms with van der Waals surface area (Å²) < 4.78 is 0. The third-order valence-electron chi connectivity index (χ3n) is 15.9. The molecule has 8 aliphatic carbocycles. The topological polar surface area (TPSA) is 65.2 Å². The second-order valence-electron chi connectivity index (χ2n) is 17.4. The molecular weight excluding hydrogens is 516 g/mol. The summed E-state index contributed by atoms with van der Waals surface area (Å²) in [6.45, 7) is 10.2. The zero-order chi connectivity index (χ0) is 29.1. The first kappa shape index (κ1) is 28.2. The van der Waals surface area contributed by atoms with Gasteiger partial charge in [-0.3, -0.25) is 0 Å². The van der Waals surface area contributed by atoms with Crippen molar-refractivity contribution in [2.24, 2.45) is 67.4 Å². The van der Waals surface area contributed by atoms with E-state index in [0.717, 1.165) is 74.0 Å². The SMILES string of the molecule is C[C@]12CC[C@H](O)CC1=CC[C@@H]1[C@H]2CC[C@]2(C)/C(=N\N=C3\CC[C@@H]4[C@H]5CC=C6C[C@@H](O)CC[C@]6(C)[C@@H]5CC[C@]34C)CC[C@H]12. The lowest BCUT2D eigenvalue weighted by Gasteiger charge is -2.57. The number of aliphatic hydroxyl groups is 2. The highest BCUT2D eigenvalue weighted by atomic mass is 16.3. The zero-order valence-electron chi connectivity index (χ0n) is 26.9. The van der Waals surface area contributed by atoms with Gasteiger partial charge in [0.1, 0.15) is 0 Å². The van der Waals surface area contributed by atoms with Crippen molar-refractivity contribution in [2.45, 2.75) is 143 Å². The van der Waals surface area contributed by atoms with Crippen LogP contribution in [-0.2, 0) is 0 Å². The van der Waals surface area contributed by atoms with Crippen molar-refractivity contribution in [1.29, 1.82) is 0 Å². The minimum Gasteiger partial charge on any atom is -0.393 e. The lowest BCUT2D eigenvalue weighted by Crippen LogP contribution is -2.50. The zero-order valence-corrected chi connectivity index (χ0v) is 26.9. The van der Waals surface area contributed by atoms with Crippen LogP contribution < -0.4 is 0 Å². The summed E-state index contributed by atoms with van der Waals surface area (Å²) in [6.07, 6.45) is 23.4. The van der Waals surface area contributed by atoms with Crippen LogP contribution in [0.3, 0.4) is 0 Å². The van der Waals surface area contributed by atoms with E-state index in [2.05, 4.69) is 39.8 Å². The quantitative estimate of drug-likeness (QED) is 0.245. The van der Waals surface area contributed by atoms with Gasteiger partial charge in [-0.1, -0.05) is 51.0 Å². The molecule has 6 fully saturated rings. The maximum Gasteiger partial charge on any atom is 0.0577 e. The largest absolute Gasteiger partial charge is 0.393 e. The van der Waals surface area contributed by atoms with Crippen molar-refractivity contribution in [3.63, 3.8) is 0 Å². The van der Waals surface area contributed by atoms with E-state index in [4.69, 9.17) is 10.2 Å². The molecule has 0 unspecified atom stereocenters. The lowest BCUT2D eigenvalue weighted by atomic mass is 9.48. The van der Waals surface area contributed by atoms with Gasteiger partial charge in [-0.2, -0.15) is 10.2 Å². The van der Waals surface area contributed by atoms with Gasteiger partial charge in [-0.05, 0) is 149 Å². The van der Waals surface area contributed by atoms with Crippen LogP contribution >= 0.6 is 0 Å². The molecule has 0 aromatic rings. The molecule has 0 bridgehead atoms. The molecule has 8 aliphatic rings. The minimum absolute atomic E-state index is 0.123. The standard InChI is InChI=1S/C38H56N2O2/c1-35-17-13-25(41)21-23(35)5-7-27-29-9-11-33(37(29,3)19-15-31(27)35)39-40-34-12-10-30-28-8-6-24-22-26(42)14-18-36(24,2)32(28)16-20-38(30,34)4/h5-6,25-32,41-42H,7-22H2,1-4H3/b39-33-,40-34-/t25-,26-,27-,28+,29+,30+,31+,32+,35-,36-,37-,38-/m0/s1. The molecular formula is C38H56N2O2. The van der Waals surface area contributed by atoms with Crippen molar-refractivity contribution in [1.82, 2.24) is 0 Å². The molecule has 0 heterocycles. The summed E-state index contributed by atoms with van der Waals surface area (Å²) in [4.78, 5) is 0. The van der Waals surface area contributed by atoms with Crippen molar-refractivity contribution >= 4 is 11.4 Å². The van der Waals surface area contributed by atoms with Crippen LogP contribution in [0.15, 0.2) is 33.5 Å². The summed E-state index contributed by atoms with van der Waals surface area (Å²) in [7, 11) is 0. The van der Waals surface area contributed by atoms with Gasteiger partial charge in [-0.15, -0.1) is 0 Å². The normalized spacial score (nSPS) is 55.1. The van der Waals surface area contributed by atoms with Crippen molar-refractivity contribution < 1.29 is 10.2 Å².